The summed E-state index contributed by atoms with van der Waals surface area (Å²) in [5, 5.41) is 0.642. The zero-order valence-electron chi connectivity index (χ0n) is 11.3. The summed E-state index contributed by atoms with van der Waals surface area (Å²) in [7, 11) is 0. The monoisotopic (exact) mass is 407 g/mol. The van der Waals surface area contributed by atoms with Crippen LogP contribution in [0.25, 0.3) is 0 Å². The molecule has 20 heavy (non-hydrogen) atoms. The van der Waals surface area contributed by atoms with Crippen LogP contribution in [0.4, 0.5) is 4.39 Å². The number of rotatable bonds is 2. The molecule has 0 saturated carbocycles. The predicted octanol–water partition coefficient (Wildman–Crippen LogP) is 3.60. The summed E-state index contributed by atoms with van der Waals surface area (Å²) in [6.45, 7) is 4.77. The zero-order valence-corrected chi connectivity index (χ0v) is 14.5. The van der Waals surface area contributed by atoms with E-state index < -0.39 is 11.4 Å². The van der Waals surface area contributed by atoms with E-state index in [0.717, 1.165) is 0 Å². The van der Waals surface area contributed by atoms with Crippen molar-refractivity contribution in [3.05, 3.63) is 34.1 Å². The lowest BCUT2D eigenvalue weighted by Gasteiger charge is -2.42. The van der Waals surface area contributed by atoms with Gasteiger partial charge in [0.1, 0.15) is 5.82 Å². The highest BCUT2D eigenvalue weighted by Crippen LogP contribution is 2.25. The van der Waals surface area contributed by atoms with Gasteiger partial charge in [-0.15, -0.1) is 0 Å². The molecule has 0 spiro atoms. The van der Waals surface area contributed by atoms with E-state index in [1.54, 1.807) is 11.0 Å². The second kappa shape index (κ2) is 6.12. The Balaban J connectivity index is 2.23. The number of alkyl halides is 1. The minimum absolute atomic E-state index is 0.0822. The largest absolute Gasteiger partial charge is 0.368 e. The van der Waals surface area contributed by atoms with Gasteiger partial charge in [-0.25, -0.2) is 4.39 Å². The molecule has 1 fully saturated rings. The van der Waals surface area contributed by atoms with E-state index in [4.69, 9.17) is 4.74 Å². The normalized spacial score (nSPS) is 21.9. The molecule has 0 aromatic heterocycles. The summed E-state index contributed by atoms with van der Waals surface area (Å²) in [6.07, 6.45) is -0.0822. The van der Waals surface area contributed by atoms with Gasteiger partial charge in [0.15, 0.2) is 0 Å². The molecule has 0 N–H and O–H groups in total. The Labute approximate surface area is 134 Å². The maximum absolute atomic E-state index is 13.9. The number of morpholine rings is 1. The molecule has 6 heteroatoms. The minimum Gasteiger partial charge on any atom is -0.368 e. The van der Waals surface area contributed by atoms with Gasteiger partial charge in [-0.05, 0) is 32.0 Å². The Bertz CT molecular complexity index is 522. The molecule has 1 heterocycles. The lowest BCUT2D eigenvalue weighted by molar-refractivity contribution is -0.116. The highest BCUT2D eigenvalue weighted by molar-refractivity contribution is 9.10. The number of ether oxygens (including phenoxy) is 1. The van der Waals surface area contributed by atoms with Gasteiger partial charge in [-0.3, -0.25) is 4.79 Å². The Morgan fingerprint density at radius 2 is 2.25 bits per heavy atom. The standard InChI is InChI=1S/C14H16Br2FNO2/c1-14(2)8-18(7-10(6-15)20-14)13(19)11-4-3-9(16)5-12(11)17/h3-5,10H,6-8H2,1-2H3. The third-order valence-corrected chi connectivity index (χ3v) is 4.32. The van der Waals surface area contributed by atoms with Crippen LogP contribution in [0, 0.1) is 5.82 Å². The van der Waals surface area contributed by atoms with Gasteiger partial charge >= 0.3 is 0 Å². The fourth-order valence-corrected chi connectivity index (χ4v) is 3.03. The predicted molar refractivity (Wildman–Crippen MR) is 82.7 cm³/mol. The molecule has 110 valence electrons. The average Bonchev–Trinajstić information content (AvgIpc) is 2.36. The molecule has 3 nitrogen and oxygen atoms in total. The van der Waals surface area contributed by atoms with E-state index in [1.807, 2.05) is 13.8 Å². The summed E-state index contributed by atoms with van der Waals surface area (Å²) in [5.74, 6) is -0.804. The Hall–Kier alpha value is -0.460. The van der Waals surface area contributed by atoms with Crippen molar-refractivity contribution in [2.45, 2.75) is 25.6 Å². The zero-order chi connectivity index (χ0) is 14.9. The first-order chi connectivity index (χ1) is 9.32. The van der Waals surface area contributed by atoms with E-state index >= 15 is 0 Å². The fourth-order valence-electron chi connectivity index (χ4n) is 2.36. The van der Waals surface area contributed by atoms with Crippen LogP contribution in [0.2, 0.25) is 0 Å². The highest BCUT2D eigenvalue weighted by Gasteiger charge is 2.36. The third-order valence-electron chi connectivity index (χ3n) is 3.10. The van der Waals surface area contributed by atoms with E-state index in [-0.39, 0.29) is 17.6 Å². The van der Waals surface area contributed by atoms with Crippen molar-refractivity contribution >= 4 is 37.8 Å². The van der Waals surface area contributed by atoms with Crippen LogP contribution < -0.4 is 0 Å². The molecule has 1 aliphatic heterocycles. The Morgan fingerprint density at radius 3 is 2.85 bits per heavy atom. The summed E-state index contributed by atoms with van der Waals surface area (Å²) >= 11 is 6.57. The molecule has 1 atom stereocenters. The van der Waals surface area contributed by atoms with Crippen LogP contribution in [0.15, 0.2) is 22.7 Å². The van der Waals surface area contributed by atoms with Crippen LogP contribution in [-0.2, 0) is 4.74 Å². The highest BCUT2D eigenvalue weighted by atomic mass is 79.9. The number of carbonyl (C=O) groups excluding carboxylic acids is 1. The molecule has 1 amide bonds. The van der Waals surface area contributed by atoms with Crippen molar-refractivity contribution in [3.63, 3.8) is 0 Å². The first-order valence-electron chi connectivity index (χ1n) is 6.30. The summed E-state index contributed by atoms with van der Waals surface area (Å²) in [5.41, 5.74) is -0.336. The quantitative estimate of drug-likeness (QED) is 0.699. The SMILES string of the molecule is CC1(C)CN(C(=O)c2ccc(Br)cc2F)CC(CBr)O1. The van der Waals surface area contributed by atoms with Crippen LogP contribution >= 0.6 is 31.9 Å². The molecule has 0 bridgehead atoms. The molecule has 1 aliphatic rings. The number of nitrogens with zero attached hydrogens (tertiary/aromatic N) is 1. The third kappa shape index (κ3) is 3.59. The van der Waals surface area contributed by atoms with Crippen LogP contribution in [0.3, 0.4) is 0 Å². The van der Waals surface area contributed by atoms with Gasteiger partial charge in [0, 0.05) is 22.9 Å². The van der Waals surface area contributed by atoms with Crippen LogP contribution in [0.5, 0.6) is 0 Å². The summed E-state index contributed by atoms with van der Waals surface area (Å²) < 4.78 is 20.4. The second-order valence-corrected chi connectivity index (χ2v) is 7.03. The first kappa shape index (κ1) is 15.9. The van der Waals surface area contributed by atoms with Crippen LogP contribution in [-0.4, -0.2) is 40.9 Å². The molecule has 0 radical (unpaired) electrons. The lowest BCUT2D eigenvalue weighted by Crippen LogP contribution is -2.55. The minimum atomic E-state index is -0.510. The molecule has 1 aromatic carbocycles. The number of benzene rings is 1. The van der Waals surface area contributed by atoms with Gasteiger partial charge in [-0.2, -0.15) is 0 Å². The molecule has 1 unspecified atom stereocenters. The fraction of sp³-hybridized carbons (Fsp3) is 0.500. The van der Waals surface area contributed by atoms with E-state index in [1.165, 1.54) is 12.1 Å². The molecule has 1 aromatic rings. The maximum Gasteiger partial charge on any atom is 0.257 e. The van der Waals surface area contributed by atoms with E-state index in [9.17, 15) is 9.18 Å². The number of halogens is 3. The van der Waals surface area contributed by atoms with Gasteiger partial charge in [0.2, 0.25) is 0 Å². The van der Waals surface area contributed by atoms with Gasteiger partial charge in [-0.1, -0.05) is 31.9 Å². The number of hydrogen-bond donors (Lipinski definition) is 0. The first-order valence-corrected chi connectivity index (χ1v) is 8.22. The molecule has 0 aliphatic carbocycles. The van der Waals surface area contributed by atoms with Crippen molar-refractivity contribution in [2.75, 3.05) is 18.4 Å². The Morgan fingerprint density at radius 1 is 1.55 bits per heavy atom. The number of amides is 1. The maximum atomic E-state index is 13.9. The Kier molecular flexibility index (Phi) is 4.87. The molecule has 1 saturated heterocycles. The van der Waals surface area contributed by atoms with Crippen molar-refractivity contribution < 1.29 is 13.9 Å². The van der Waals surface area contributed by atoms with Crippen molar-refractivity contribution in [3.8, 4) is 0 Å². The van der Waals surface area contributed by atoms with Gasteiger partial charge < -0.3 is 9.64 Å². The molecular weight excluding hydrogens is 393 g/mol. The van der Waals surface area contributed by atoms with Gasteiger partial charge in [0.05, 0.1) is 17.3 Å². The lowest BCUT2D eigenvalue weighted by atomic mass is 10.0. The second-order valence-electron chi connectivity index (χ2n) is 5.46. The average molecular weight is 409 g/mol. The molecule has 2 rings (SSSR count). The van der Waals surface area contributed by atoms with Gasteiger partial charge in [0.25, 0.3) is 5.91 Å². The van der Waals surface area contributed by atoms with Crippen molar-refractivity contribution in [2.24, 2.45) is 0 Å². The van der Waals surface area contributed by atoms with E-state index in [0.29, 0.717) is 22.9 Å². The van der Waals surface area contributed by atoms with E-state index in [2.05, 4.69) is 31.9 Å². The topological polar surface area (TPSA) is 29.5 Å². The summed E-state index contributed by atoms with van der Waals surface area (Å²) in [4.78, 5) is 14.1. The number of hydrogen-bond acceptors (Lipinski definition) is 2. The molecular formula is C14H16Br2FNO2. The van der Waals surface area contributed by atoms with Crippen molar-refractivity contribution in [1.82, 2.24) is 4.90 Å². The van der Waals surface area contributed by atoms with Crippen LogP contribution in [0.1, 0.15) is 24.2 Å². The smallest absolute Gasteiger partial charge is 0.257 e. The summed E-state index contributed by atoms with van der Waals surface area (Å²) in [6, 6.07) is 4.48. The van der Waals surface area contributed by atoms with Crippen molar-refractivity contribution in [1.29, 1.82) is 0 Å². The number of carbonyl (C=O) groups is 1.